The van der Waals surface area contributed by atoms with E-state index < -0.39 is 0 Å². The van der Waals surface area contributed by atoms with Crippen molar-refractivity contribution in [3.63, 3.8) is 0 Å². The van der Waals surface area contributed by atoms with Crippen LogP contribution in [0.1, 0.15) is 12.6 Å². The second-order valence-corrected chi connectivity index (χ2v) is 2.95. The highest BCUT2D eigenvalue weighted by Crippen LogP contribution is 2.19. The van der Waals surface area contributed by atoms with Crippen LogP contribution < -0.4 is 0 Å². The Hall–Kier alpha value is -1.57. The van der Waals surface area contributed by atoms with Gasteiger partial charge in [-0.15, -0.1) is 0 Å². The van der Waals surface area contributed by atoms with E-state index in [9.17, 15) is 0 Å². The largest absolute Gasteiger partial charge is 0.348 e. The first-order valence-electron chi connectivity index (χ1n) is 4.49. The van der Waals surface area contributed by atoms with Crippen molar-refractivity contribution < 1.29 is 0 Å². The molecule has 0 aliphatic rings. The Morgan fingerprint density at radius 3 is 2.69 bits per heavy atom. The molecule has 0 radical (unpaired) electrons. The molecule has 0 amide bonds. The van der Waals surface area contributed by atoms with E-state index in [0.717, 1.165) is 12.1 Å². The minimum Gasteiger partial charge on any atom is -0.348 e. The maximum absolute atomic E-state index is 4.30. The molecule has 0 aliphatic heterocycles. The number of benzene rings is 1. The van der Waals surface area contributed by atoms with Crippen molar-refractivity contribution in [2.45, 2.75) is 13.3 Å². The highest BCUT2D eigenvalue weighted by molar-refractivity contribution is 5.61. The zero-order chi connectivity index (χ0) is 9.10. The van der Waals surface area contributed by atoms with E-state index in [0.29, 0.717) is 0 Å². The van der Waals surface area contributed by atoms with E-state index in [1.54, 1.807) is 6.33 Å². The molecule has 2 nitrogen and oxygen atoms in total. The third-order valence-corrected chi connectivity index (χ3v) is 2.12. The maximum atomic E-state index is 4.30. The van der Waals surface area contributed by atoms with Crippen LogP contribution in [0.4, 0.5) is 0 Å². The van der Waals surface area contributed by atoms with Gasteiger partial charge in [0.15, 0.2) is 0 Å². The number of aromatic amines is 1. The fraction of sp³-hybridized carbons (Fsp3) is 0.182. The zero-order valence-electron chi connectivity index (χ0n) is 7.62. The van der Waals surface area contributed by atoms with Crippen LogP contribution in [-0.2, 0) is 6.42 Å². The fourth-order valence-electron chi connectivity index (χ4n) is 1.44. The third-order valence-electron chi connectivity index (χ3n) is 2.12. The van der Waals surface area contributed by atoms with Crippen LogP contribution in [0, 0.1) is 0 Å². The second-order valence-electron chi connectivity index (χ2n) is 2.95. The van der Waals surface area contributed by atoms with Gasteiger partial charge in [-0.25, -0.2) is 4.98 Å². The van der Waals surface area contributed by atoms with Gasteiger partial charge in [-0.2, -0.15) is 0 Å². The second kappa shape index (κ2) is 3.44. The molecule has 2 rings (SSSR count). The molecule has 1 aromatic carbocycles. The van der Waals surface area contributed by atoms with Crippen LogP contribution in [0.3, 0.4) is 0 Å². The predicted molar refractivity (Wildman–Crippen MR) is 53.4 cm³/mol. The molecule has 2 aromatic rings. The van der Waals surface area contributed by atoms with E-state index in [1.165, 1.54) is 11.3 Å². The fourth-order valence-corrected chi connectivity index (χ4v) is 1.44. The average Bonchev–Trinajstić information content (AvgIpc) is 2.67. The summed E-state index contributed by atoms with van der Waals surface area (Å²) in [6, 6.07) is 10.2. The summed E-state index contributed by atoms with van der Waals surface area (Å²) >= 11 is 0. The number of aromatic nitrogens is 2. The van der Waals surface area contributed by atoms with Crippen LogP contribution in [0.25, 0.3) is 11.3 Å². The lowest BCUT2D eigenvalue weighted by Crippen LogP contribution is -1.84. The molecular formula is C11H12N2. The summed E-state index contributed by atoms with van der Waals surface area (Å²) < 4.78 is 0. The SMILES string of the molecule is CCc1[nH]cnc1-c1ccccc1. The molecule has 13 heavy (non-hydrogen) atoms. The molecule has 1 heterocycles. The molecule has 0 atom stereocenters. The summed E-state index contributed by atoms with van der Waals surface area (Å²) in [5.74, 6) is 0. The molecule has 0 spiro atoms. The molecule has 1 N–H and O–H groups in total. The number of aryl methyl sites for hydroxylation is 1. The Kier molecular flexibility index (Phi) is 2.13. The van der Waals surface area contributed by atoms with Crippen LogP contribution in [-0.4, -0.2) is 9.97 Å². The van der Waals surface area contributed by atoms with Crippen LogP contribution in [0.5, 0.6) is 0 Å². The molecule has 0 aliphatic carbocycles. The molecule has 66 valence electrons. The molecule has 1 aromatic heterocycles. The number of nitrogens with zero attached hydrogens (tertiary/aromatic N) is 1. The van der Waals surface area contributed by atoms with Gasteiger partial charge in [0.05, 0.1) is 12.0 Å². The Labute approximate surface area is 77.6 Å². The third kappa shape index (κ3) is 1.47. The number of hydrogen-bond acceptors (Lipinski definition) is 1. The van der Waals surface area contributed by atoms with Crippen molar-refractivity contribution in [1.29, 1.82) is 0 Å². The highest BCUT2D eigenvalue weighted by Gasteiger charge is 2.04. The lowest BCUT2D eigenvalue weighted by atomic mass is 10.1. The van der Waals surface area contributed by atoms with Crippen molar-refractivity contribution in [1.82, 2.24) is 9.97 Å². The topological polar surface area (TPSA) is 28.7 Å². The first-order chi connectivity index (χ1) is 6.42. The van der Waals surface area contributed by atoms with E-state index in [4.69, 9.17) is 0 Å². The number of imidazole rings is 1. The summed E-state index contributed by atoms with van der Waals surface area (Å²) in [5, 5.41) is 0. The minimum atomic E-state index is 0.990. The zero-order valence-corrected chi connectivity index (χ0v) is 7.62. The van der Waals surface area contributed by atoms with Gasteiger partial charge >= 0.3 is 0 Å². The maximum Gasteiger partial charge on any atom is 0.0929 e. The summed E-state index contributed by atoms with van der Waals surface area (Å²) in [5.41, 5.74) is 3.45. The Morgan fingerprint density at radius 1 is 1.23 bits per heavy atom. The van der Waals surface area contributed by atoms with Crippen molar-refractivity contribution in [2.75, 3.05) is 0 Å². The quantitative estimate of drug-likeness (QED) is 0.741. The van der Waals surface area contributed by atoms with E-state index in [1.807, 2.05) is 18.2 Å². The number of rotatable bonds is 2. The van der Waals surface area contributed by atoms with Gasteiger partial charge in [-0.1, -0.05) is 37.3 Å². The number of nitrogens with one attached hydrogen (secondary N) is 1. The van der Waals surface area contributed by atoms with Gasteiger partial charge in [0.25, 0.3) is 0 Å². The van der Waals surface area contributed by atoms with Gasteiger partial charge in [0.2, 0.25) is 0 Å². The lowest BCUT2D eigenvalue weighted by Gasteiger charge is -1.98. The van der Waals surface area contributed by atoms with Gasteiger partial charge in [-0.05, 0) is 6.42 Å². The predicted octanol–water partition coefficient (Wildman–Crippen LogP) is 2.64. The Bertz CT molecular complexity index is 376. The van der Waals surface area contributed by atoms with E-state index >= 15 is 0 Å². The van der Waals surface area contributed by atoms with Gasteiger partial charge in [0, 0.05) is 11.3 Å². The lowest BCUT2D eigenvalue weighted by molar-refractivity contribution is 1.07. The number of hydrogen-bond donors (Lipinski definition) is 1. The summed E-state index contributed by atoms with van der Waals surface area (Å²) in [7, 11) is 0. The van der Waals surface area contributed by atoms with Crippen LogP contribution in [0.2, 0.25) is 0 Å². The molecule has 0 saturated heterocycles. The van der Waals surface area contributed by atoms with Crippen molar-refractivity contribution >= 4 is 0 Å². The van der Waals surface area contributed by atoms with Crippen molar-refractivity contribution in [3.8, 4) is 11.3 Å². The summed E-state index contributed by atoms with van der Waals surface area (Å²) in [4.78, 5) is 7.44. The van der Waals surface area contributed by atoms with Crippen molar-refractivity contribution in [2.24, 2.45) is 0 Å². The smallest absolute Gasteiger partial charge is 0.0929 e. The molecule has 2 heteroatoms. The molecule has 0 fully saturated rings. The first kappa shape index (κ1) is 8.05. The molecule has 0 bridgehead atoms. The summed E-state index contributed by atoms with van der Waals surface area (Å²) in [6.45, 7) is 2.12. The molecule has 0 unspecified atom stereocenters. The van der Waals surface area contributed by atoms with Crippen LogP contribution in [0.15, 0.2) is 36.7 Å². The van der Waals surface area contributed by atoms with Gasteiger partial charge in [-0.3, -0.25) is 0 Å². The average molecular weight is 172 g/mol. The number of H-pyrrole nitrogens is 1. The highest BCUT2D eigenvalue weighted by atomic mass is 14.9. The standard InChI is InChI=1S/C11H12N2/c1-2-10-11(13-8-12-10)9-6-4-3-5-7-9/h3-8H,2H2,1H3,(H,12,13). The minimum absolute atomic E-state index is 0.990. The molecular weight excluding hydrogens is 160 g/mol. The summed E-state index contributed by atoms with van der Waals surface area (Å²) in [6.07, 6.45) is 2.74. The monoisotopic (exact) mass is 172 g/mol. The van der Waals surface area contributed by atoms with E-state index in [2.05, 4.69) is 29.0 Å². The Balaban J connectivity index is 2.47. The first-order valence-corrected chi connectivity index (χ1v) is 4.49. The Morgan fingerprint density at radius 2 is 2.00 bits per heavy atom. The van der Waals surface area contributed by atoms with E-state index in [-0.39, 0.29) is 0 Å². The molecule has 0 saturated carbocycles. The van der Waals surface area contributed by atoms with Gasteiger partial charge < -0.3 is 4.98 Å². The normalized spacial score (nSPS) is 10.2. The van der Waals surface area contributed by atoms with Gasteiger partial charge in [0.1, 0.15) is 0 Å². The van der Waals surface area contributed by atoms with Crippen LogP contribution >= 0.6 is 0 Å². The van der Waals surface area contributed by atoms with Crippen molar-refractivity contribution in [3.05, 3.63) is 42.4 Å².